The van der Waals surface area contributed by atoms with Crippen molar-refractivity contribution in [2.45, 2.75) is 6.92 Å². The highest BCUT2D eigenvalue weighted by atomic mass is 15.1. The molecule has 5 heteroatoms. The molecule has 7 aromatic rings. The van der Waals surface area contributed by atoms with E-state index in [1.165, 1.54) is 10.9 Å². The number of benzene rings is 4. The summed E-state index contributed by atoms with van der Waals surface area (Å²) in [4.78, 5) is 19.2. The largest absolute Gasteiger partial charge is 0.294 e. The summed E-state index contributed by atoms with van der Waals surface area (Å²) < 4.78 is 2.22. The van der Waals surface area contributed by atoms with Crippen LogP contribution in [0.25, 0.3) is 61.8 Å². The number of pyridine rings is 1. The third kappa shape index (κ3) is 3.82. The molecular weight excluding hydrogens is 466 g/mol. The number of aryl methyl sites for hydroxylation is 1. The van der Waals surface area contributed by atoms with Crippen molar-refractivity contribution in [2.75, 3.05) is 0 Å². The third-order valence-corrected chi connectivity index (χ3v) is 6.77. The Labute approximate surface area is 220 Å². The first-order valence-electron chi connectivity index (χ1n) is 12.6. The van der Waals surface area contributed by atoms with Crippen LogP contribution in [-0.2, 0) is 0 Å². The fourth-order valence-corrected chi connectivity index (χ4v) is 4.91. The summed E-state index contributed by atoms with van der Waals surface area (Å²) in [5, 5.41) is 2.34. The quantitative estimate of drug-likeness (QED) is 0.254. The number of hydrogen-bond acceptors (Lipinski definition) is 4. The lowest BCUT2D eigenvalue weighted by Crippen LogP contribution is -2.00. The number of hydrogen-bond donors (Lipinski definition) is 0. The molecule has 0 bridgehead atoms. The van der Waals surface area contributed by atoms with Crippen molar-refractivity contribution < 1.29 is 0 Å². The van der Waals surface area contributed by atoms with Crippen LogP contribution in [0.1, 0.15) is 5.56 Å². The average molecular weight is 490 g/mol. The molecule has 0 radical (unpaired) electrons. The molecule has 0 unspecified atom stereocenters. The van der Waals surface area contributed by atoms with Gasteiger partial charge in [0.1, 0.15) is 5.65 Å². The second-order valence-corrected chi connectivity index (χ2v) is 9.32. The maximum absolute atomic E-state index is 4.86. The Morgan fingerprint density at radius 3 is 1.71 bits per heavy atom. The Balaban J connectivity index is 1.37. The van der Waals surface area contributed by atoms with E-state index >= 15 is 0 Å². The minimum atomic E-state index is 0.639. The highest BCUT2D eigenvalue weighted by Gasteiger charge is 2.15. The summed E-state index contributed by atoms with van der Waals surface area (Å²) >= 11 is 0. The summed E-state index contributed by atoms with van der Waals surface area (Å²) in [7, 11) is 0. The third-order valence-electron chi connectivity index (χ3n) is 6.77. The van der Waals surface area contributed by atoms with Crippen LogP contribution in [0.3, 0.4) is 0 Å². The fourth-order valence-electron chi connectivity index (χ4n) is 4.91. The van der Waals surface area contributed by atoms with Gasteiger partial charge in [0.25, 0.3) is 0 Å². The van der Waals surface area contributed by atoms with Gasteiger partial charge in [0.15, 0.2) is 17.5 Å². The Morgan fingerprint density at radius 1 is 0.526 bits per heavy atom. The van der Waals surface area contributed by atoms with Crippen molar-refractivity contribution in [2.24, 2.45) is 0 Å². The van der Waals surface area contributed by atoms with E-state index in [2.05, 4.69) is 60.0 Å². The van der Waals surface area contributed by atoms with E-state index in [0.717, 1.165) is 38.9 Å². The topological polar surface area (TPSA) is 56.5 Å². The Hall–Kier alpha value is -5.16. The number of rotatable bonds is 4. The molecule has 7 rings (SSSR count). The first-order chi connectivity index (χ1) is 18.7. The van der Waals surface area contributed by atoms with Crippen molar-refractivity contribution in [3.8, 4) is 39.9 Å². The first kappa shape index (κ1) is 22.1. The monoisotopic (exact) mass is 489 g/mol. The predicted octanol–water partition coefficient (Wildman–Crippen LogP) is 7.67. The zero-order chi connectivity index (χ0) is 25.5. The van der Waals surface area contributed by atoms with Gasteiger partial charge in [-0.25, -0.2) is 19.9 Å². The van der Waals surface area contributed by atoms with Crippen molar-refractivity contribution in [1.29, 1.82) is 0 Å². The lowest BCUT2D eigenvalue weighted by Gasteiger charge is -2.10. The molecule has 0 atom stereocenters. The van der Waals surface area contributed by atoms with Gasteiger partial charge in [-0.15, -0.1) is 0 Å². The normalized spacial score (nSPS) is 11.3. The van der Waals surface area contributed by atoms with Crippen LogP contribution < -0.4 is 0 Å². The van der Waals surface area contributed by atoms with Crippen LogP contribution in [0.5, 0.6) is 0 Å². The minimum absolute atomic E-state index is 0.639. The van der Waals surface area contributed by atoms with Gasteiger partial charge in [-0.1, -0.05) is 72.8 Å². The van der Waals surface area contributed by atoms with Crippen molar-refractivity contribution in [3.63, 3.8) is 0 Å². The van der Waals surface area contributed by atoms with E-state index in [4.69, 9.17) is 19.9 Å². The van der Waals surface area contributed by atoms with E-state index in [0.29, 0.717) is 17.5 Å². The Bertz CT molecular complexity index is 1850. The molecule has 3 heterocycles. The molecule has 38 heavy (non-hydrogen) atoms. The van der Waals surface area contributed by atoms with E-state index in [-0.39, 0.29) is 0 Å². The predicted molar refractivity (Wildman–Crippen MR) is 153 cm³/mol. The van der Waals surface area contributed by atoms with Gasteiger partial charge in [-0.2, -0.15) is 0 Å². The molecule has 0 aliphatic heterocycles. The van der Waals surface area contributed by atoms with Crippen LogP contribution in [0.15, 0.2) is 121 Å². The van der Waals surface area contributed by atoms with Gasteiger partial charge in [0.05, 0.1) is 5.52 Å². The molecule has 0 aliphatic carbocycles. The summed E-state index contributed by atoms with van der Waals surface area (Å²) in [6, 6.07) is 39.1. The average Bonchev–Trinajstić information content (AvgIpc) is 3.31. The van der Waals surface area contributed by atoms with Gasteiger partial charge in [-0.3, -0.25) is 4.57 Å². The van der Waals surface area contributed by atoms with Gasteiger partial charge in [-0.05, 0) is 55.0 Å². The zero-order valence-corrected chi connectivity index (χ0v) is 20.8. The van der Waals surface area contributed by atoms with Crippen molar-refractivity contribution in [3.05, 3.63) is 127 Å². The highest BCUT2D eigenvalue weighted by Crippen LogP contribution is 2.32. The number of fused-ring (bicyclic) bond motifs is 3. The molecule has 0 saturated carbocycles. The van der Waals surface area contributed by atoms with Crippen LogP contribution in [-0.4, -0.2) is 24.5 Å². The molecule has 180 valence electrons. The standard InChI is InChI=1S/C33H23N5/c1-22-14-19-27-28-13-8-20-34-33(28)38(29(27)21-22)26-17-15-25(16-18-26)32-36-30(23-9-4-2-5-10-23)35-31(37-32)24-11-6-3-7-12-24/h2-21H,1H3. The van der Waals surface area contributed by atoms with Gasteiger partial charge in [0.2, 0.25) is 0 Å². The molecule has 4 aromatic carbocycles. The van der Waals surface area contributed by atoms with Crippen LogP contribution in [0.4, 0.5) is 0 Å². The van der Waals surface area contributed by atoms with E-state index in [1.807, 2.05) is 72.9 Å². The maximum atomic E-state index is 4.86. The van der Waals surface area contributed by atoms with Crippen molar-refractivity contribution >= 4 is 21.9 Å². The molecular formula is C33H23N5. The summed E-state index contributed by atoms with van der Waals surface area (Å²) in [5.41, 5.74) is 7.18. The van der Waals surface area contributed by atoms with Crippen LogP contribution in [0.2, 0.25) is 0 Å². The zero-order valence-electron chi connectivity index (χ0n) is 20.8. The smallest absolute Gasteiger partial charge is 0.164 e. The van der Waals surface area contributed by atoms with E-state index < -0.39 is 0 Å². The lowest BCUT2D eigenvalue weighted by molar-refractivity contribution is 1.07. The molecule has 0 spiro atoms. The molecule has 0 amide bonds. The lowest BCUT2D eigenvalue weighted by atomic mass is 10.1. The minimum Gasteiger partial charge on any atom is -0.294 e. The SMILES string of the molecule is Cc1ccc2c3cccnc3n(-c3ccc(-c4nc(-c5ccccc5)nc(-c5ccccc5)n4)cc3)c2c1. The van der Waals surface area contributed by atoms with Gasteiger partial charge >= 0.3 is 0 Å². The number of aromatic nitrogens is 5. The molecule has 0 aliphatic rings. The molecule has 0 saturated heterocycles. The fraction of sp³-hybridized carbons (Fsp3) is 0.0303. The van der Waals surface area contributed by atoms with E-state index in [9.17, 15) is 0 Å². The summed E-state index contributed by atoms with van der Waals surface area (Å²) in [6.45, 7) is 2.12. The Kier molecular flexibility index (Phi) is 5.26. The number of nitrogens with zero attached hydrogens (tertiary/aromatic N) is 5. The summed E-state index contributed by atoms with van der Waals surface area (Å²) in [5.74, 6) is 1.95. The molecule has 0 N–H and O–H groups in total. The van der Waals surface area contributed by atoms with Gasteiger partial charge in [0, 0.05) is 39.3 Å². The highest BCUT2D eigenvalue weighted by molar-refractivity contribution is 6.08. The van der Waals surface area contributed by atoms with Gasteiger partial charge < -0.3 is 0 Å². The summed E-state index contributed by atoms with van der Waals surface area (Å²) in [6.07, 6.45) is 1.85. The first-order valence-corrected chi connectivity index (χ1v) is 12.6. The Morgan fingerprint density at radius 2 is 1.11 bits per heavy atom. The van der Waals surface area contributed by atoms with E-state index in [1.54, 1.807) is 0 Å². The maximum Gasteiger partial charge on any atom is 0.164 e. The second kappa shape index (κ2) is 9.05. The van der Waals surface area contributed by atoms with Crippen LogP contribution in [0, 0.1) is 6.92 Å². The second-order valence-electron chi connectivity index (χ2n) is 9.32. The van der Waals surface area contributed by atoms with Crippen molar-refractivity contribution in [1.82, 2.24) is 24.5 Å². The molecule has 5 nitrogen and oxygen atoms in total. The van der Waals surface area contributed by atoms with Crippen LogP contribution >= 0.6 is 0 Å². The molecule has 0 fully saturated rings. The molecule has 3 aromatic heterocycles.